The van der Waals surface area contributed by atoms with Gasteiger partial charge in [-0.15, -0.1) is 11.8 Å². The van der Waals surface area contributed by atoms with Gasteiger partial charge >= 0.3 is 0 Å². The van der Waals surface area contributed by atoms with Gasteiger partial charge in [0.05, 0.1) is 5.75 Å². The minimum atomic E-state index is -0.591. The maximum Gasteiger partial charge on any atom is 0.243 e. The number of nitrogens with zero attached hydrogens (tertiary/aromatic N) is 1. The van der Waals surface area contributed by atoms with Gasteiger partial charge in [-0.1, -0.05) is 83.9 Å². The van der Waals surface area contributed by atoms with E-state index in [0.29, 0.717) is 36.0 Å². The zero-order valence-corrected chi connectivity index (χ0v) is 21.2. The third-order valence-corrected chi connectivity index (χ3v) is 6.71. The Labute approximate surface area is 211 Å². The average molecular weight is 495 g/mol. The minimum Gasteiger partial charge on any atom is -0.355 e. The third-order valence-electron chi connectivity index (χ3n) is 5.47. The predicted octanol–water partition coefficient (Wildman–Crippen LogP) is 5.66. The van der Waals surface area contributed by atoms with Gasteiger partial charge < -0.3 is 10.2 Å². The number of aryl methyl sites for hydroxylation is 1. The summed E-state index contributed by atoms with van der Waals surface area (Å²) in [6.07, 6.45) is 0.464. The van der Waals surface area contributed by atoms with Gasteiger partial charge in [-0.05, 0) is 42.7 Å². The van der Waals surface area contributed by atoms with Crippen LogP contribution in [0.3, 0.4) is 0 Å². The van der Waals surface area contributed by atoms with E-state index in [2.05, 4.69) is 11.4 Å². The van der Waals surface area contributed by atoms with E-state index in [9.17, 15) is 9.59 Å². The topological polar surface area (TPSA) is 49.4 Å². The molecule has 1 N–H and O–H groups in total. The lowest BCUT2D eigenvalue weighted by atomic mass is 10.0. The van der Waals surface area contributed by atoms with Gasteiger partial charge in [0.2, 0.25) is 11.8 Å². The first-order chi connectivity index (χ1) is 16.5. The fourth-order valence-corrected chi connectivity index (χ4v) is 4.77. The van der Waals surface area contributed by atoms with Gasteiger partial charge in [0.1, 0.15) is 6.04 Å². The molecular weight excluding hydrogens is 464 g/mol. The van der Waals surface area contributed by atoms with Crippen molar-refractivity contribution in [2.75, 3.05) is 12.3 Å². The quantitative estimate of drug-likeness (QED) is 0.374. The van der Waals surface area contributed by atoms with Crippen molar-refractivity contribution >= 4 is 35.2 Å². The number of carbonyl (C=O) groups excluding carboxylic acids is 2. The number of nitrogens with one attached hydrogen (secondary N) is 1. The first kappa shape index (κ1) is 25.9. The van der Waals surface area contributed by atoms with E-state index in [4.69, 9.17) is 11.6 Å². The van der Waals surface area contributed by atoms with Crippen molar-refractivity contribution in [2.45, 2.75) is 38.6 Å². The highest BCUT2D eigenvalue weighted by molar-refractivity contribution is 7.99. The third kappa shape index (κ3) is 7.93. The van der Waals surface area contributed by atoms with Gasteiger partial charge in [-0.3, -0.25) is 9.59 Å². The summed E-state index contributed by atoms with van der Waals surface area (Å²) in [4.78, 5) is 28.4. The molecule has 0 saturated carbocycles. The molecule has 3 aromatic carbocycles. The van der Waals surface area contributed by atoms with Gasteiger partial charge in [-0.25, -0.2) is 0 Å². The van der Waals surface area contributed by atoms with E-state index in [1.165, 1.54) is 0 Å². The highest BCUT2D eigenvalue weighted by atomic mass is 35.5. The van der Waals surface area contributed by atoms with Crippen molar-refractivity contribution in [1.82, 2.24) is 10.2 Å². The Balaban J connectivity index is 1.81. The van der Waals surface area contributed by atoms with Gasteiger partial charge in [0, 0.05) is 30.3 Å². The number of rotatable bonds is 11. The van der Waals surface area contributed by atoms with Crippen LogP contribution in [-0.4, -0.2) is 35.1 Å². The minimum absolute atomic E-state index is 0.0485. The van der Waals surface area contributed by atoms with Crippen LogP contribution in [0.25, 0.3) is 0 Å². The lowest BCUT2D eigenvalue weighted by Gasteiger charge is -2.31. The van der Waals surface area contributed by atoms with Crippen LogP contribution in [0.4, 0.5) is 0 Å². The molecule has 0 aromatic heterocycles. The number of thioether (sulfide) groups is 1. The van der Waals surface area contributed by atoms with E-state index >= 15 is 0 Å². The maximum atomic E-state index is 13.5. The van der Waals surface area contributed by atoms with E-state index in [0.717, 1.165) is 22.3 Å². The molecule has 0 radical (unpaired) electrons. The van der Waals surface area contributed by atoms with Crippen LogP contribution in [0.5, 0.6) is 0 Å². The van der Waals surface area contributed by atoms with Crippen LogP contribution < -0.4 is 5.32 Å². The summed E-state index contributed by atoms with van der Waals surface area (Å²) in [5.74, 6) is 0.813. The molecule has 0 aliphatic rings. The Hall–Kier alpha value is -2.76. The second-order valence-electron chi connectivity index (χ2n) is 8.23. The summed E-state index contributed by atoms with van der Waals surface area (Å²) in [5.41, 5.74) is 4.27. The standard InChI is InChI=1S/C28H31ClN2O2S/c1-3-30-28(33)26(17-22-9-5-4-6-10-22)31(18-24-11-7-8-21(2)16-24)27(32)20-34-19-23-12-14-25(29)15-13-23/h4-16,26H,3,17-20H2,1-2H3,(H,30,33)/t26-/m1/s1. The lowest BCUT2D eigenvalue weighted by molar-refractivity contribution is -0.139. The molecule has 34 heavy (non-hydrogen) atoms. The number of likely N-dealkylation sites (N-methyl/N-ethyl adjacent to an activating group) is 1. The second-order valence-corrected chi connectivity index (χ2v) is 9.65. The molecule has 0 spiro atoms. The summed E-state index contributed by atoms with van der Waals surface area (Å²) in [6.45, 7) is 4.83. The van der Waals surface area contributed by atoms with Crippen molar-refractivity contribution < 1.29 is 9.59 Å². The number of amides is 2. The molecule has 4 nitrogen and oxygen atoms in total. The molecule has 0 unspecified atom stereocenters. The monoisotopic (exact) mass is 494 g/mol. The first-order valence-electron chi connectivity index (χ1n) is 11.4. The fourth-order valence-electron chi connectivity index (χ4n) is 3.77. The first-order valence-corrected chi connectivity index (χ1v) is 13.0. The number of hydrogen-bond donors (Lipinski definition) is 1. The average Bonchev–Trinajstić information content (AvgIpc) is 2.83. The van der Waals surface area contributed by atoms with Crippen molar-refractivity contribution in [3.63, 3.8) is 0 Å². The highest BCUT2D eigenvalue weighted by Crippen LogP contribution is 2.20. The molecule has 3 rings (SSSR count). The molecule has 0 fully saturated rings. The van der Waals surface area contributed by atoms with Crippen LogP contribution in [0.1, 0.15) is 29.2 Å². The Morgan fingerprint density at radius 3 is 2.32 bits per heavy atom. The summed E-state index contributed by atoms with van der Waals surface area (Å²) >= 11 is 7.52. The van der Waals surface area contributed by atoms with E-state index in [-0.39, 0.29) is 11.8 Å². The van der Waals surface area contributed by atoms with Crippen molar-refractivity contribution in [2.24, 2.45) is 0 Å². The van der Waals surface area contributed by atoms with Crippen molar-refractivity contribution in [3.8, 4) is 0 Å². The summed E-state index contributed by atoms with van der Waals surface area (Å²) < 4.78 is 0. The van der Waals surface area contributed by atoms with Crippen LogP contribution in [0.2, 0.25) is 5.02 Å². The van der Waals surface area contributed by atoms with E-state index in [1.807, 2.05) is 86.6 Å². The fraction of sp³-hybridized carbons (Fsp3) is 0.286. The van der Waals surface area contributed by atoms with Gasteiger partial charge in [0.25, 0.3) is 0 Å². The summed E-state index contributed by atoms with van der Waals surface area (Å²) in [5, 5.41) is 3.63. The number of benzene rings is 3. The van der Waals surface area contributed by atoms with Crippen molar-refractivity contribution in [1.29, 1.82) is 0 Å². The Bertz CT molecular complexity index is 1070. The molecule has 178 valence electrons. The molecule has 0 aliphatic carbocycles. The van der Waals surface area contributed by atoms with Gasteiger partial charge in [0.15, 0.2) is 0 Å². The summed E-state index contributed by atoms with van der Waals surface area (Å²) in [6, 6.07) is 25.0. The van der Waals surface area contributed by atoms with Crippen LogP contribution in [0, 0.1) is 6.92 Å². The molecule has 3 aromatic rings. The molecular formula is C28H31ClN2O2S. The van der Waals surface area contributed by atoms with Crippen LogP contribution in [0.15, 0.2) is 78.9 Å². The lowest BCUT2D eigenvalue weighted by Crippen LogP contribution is -2.51. The molecule has 0 aliphatic heterocycles. The Morgan fingerprint density at radius 1 is 0.941 bits per heavy atom. The van der Waals surface area contributed by atoms with E-state index in [1.54, 1.807) is 16.7 Å². The largest absolute Gasteiger partial charge is 0.355 e. The molecule has 2 amide bonds. The second kappa shape index (κ2) is 13.2. The molecule has 0 bridgehead atoms. The number of halogens is 1. The predicted molar refractivity (Wildman–Crippen MR) is 142 cm³/mol. The highest BCUT2D eigenvalue weighted by Gasteiger charge is 2.30. The molecule has 6 heteroatoms. The maximum absolute atomic E-state index is 13.5. The zero-order chi connectivity index (χ0) is 24.3. The molecule has 1 atom stereocenters. The number of carbonyl (C=O) groups is 2. The van der Waals surface area contributed by atoms with Crippen LogP contribution in [-0.2, 0) is 28.3 Å². The summed E-state index contributed by atoms with van der Waals surface area (Å²) in [7, 11) is 0. The smallest absolute Gasteiger partial charge is 0.243 e. The molecule has 0 heterocycles. The van der Waals surface area contributed by atoms with Gasteiger partial charge in [-0.2, -0.15) is 0 Å². The van der Waals surface area contributed by atoms with E-state index < -0.39 is 6.04 Å². The molecule has 0 saturated heterocycles. The number of hydrogen-bond acceptors (Lipinski definition) is 3. The zero-order valence-electron chi connectivity index (χ0n) is 19.7. The SMILES string of the molecule is CCNC(=O)[C@@H](Cc1ccccc1)N(Cc1cccc(C)c1)C(=O)CSCc1ccc(Cl)cc1. The Kier molecular flexibility index (Phi) is 10.0. The normalized spacial score (nSPS) is 11.6. The van der Waals surface area contributed by atoms with Crippen LogP contribution >= 0.6 is 23.4 Å². The Morgan fingerprint density at radius 2 is 1.65 bits per heavy atom. The van der Waals surface area contributed by atoms with Crippen molar-refractivity contribution in [3.05, 3.63) is 106 Å².